The van der Waals surface area contributed by atoms with E-state index in [2.05, 4.69) is 15.0 Å². The Morgan fingerprint density at radius 3 is 2.36 bits per heavy atom. The molecular weight excluding hydrogens is 491 g/mol. The quantitative estimate of drug-likeness (QED) is 0.412. The lowest BCUT2D eigenvalue weighted by Gasteiger charge is -2.17. The number of benzene rings is 3. The van der Waals surface area contributed by atoms with Crippen LogP contribution in [0, 0.1) is 6.92 Å². The van der Waals surface area contributed by atoms with Crippen LogP contribution in [0.3, 0.4) is 0 Å². The Hall–Kier alpha value is -4.05. The van der Waals surface area contributed by atoms with Crippen LogP contribution in [0.1, 0.15) is 11.1 Å². The molecule has 1 aliphatic heterocycles. The third-order valence-electron chi connectivity index (χ3n) is 5.03. The normalized spacial score (nSPS) is 14.7. The van der Waals surface area contributed by atoms with E-state index in [0.29, 0.717) is 16.5 Å². The van der Waals surface area contributed by atoms with Crippen molar-refractivity contribution >= 4 is 46.2 Å². The van der Waals surface area contributed by atoms with Crippen molar-refractivity contribution in [2.45, 2.75) is 13.3 Å². The zero-order chi connectivity index (χ0) is 25.7. The zero-order valence-corrected chi connectivity index (χ0v) is 19.8. The molecule has 0 aliphatic carbocycles. The molecule has 3 aromatic carbocycles. The molecule has 1 heterocycles. The van der Waals surface area contributed by atoms with Crippen molar-refractivity contribution in [2.75, 3.05) is 16.0 Å². The summed E-state index contributed by atoms with van der Waals surface area (Å²) in [5.41, 5.74) is 3.02. The molecule has 0 saturated heterocycles. The summed E-state index contributed by atoms with van der Waals surface area (Å²) in [4.78, 5) is 31.7. The number of carbonyl (C=O) groups excluding carboxylic acids is 2. The van der Waals surface area contributed by atoms with Gasteiger partial charge >= 0.3 is 6.36 Å². The number of amides is 2. The first-order chi connectivity index (χ1) is 17.2. The predicted molar refractivity (Wildman–Crippen MR) is 135 cm³/mol. The number of aryl methyl sites for hydroxylation is 1. The minimum absolute atomic E-state index is 0.0755. The topological polar surface area (TPSA) is 71.0 Å². The second kappa shape index (κ2) is 10.7. The van der Waals surface area contributed by atoms with Crippen LogP contribution in [0.5, 0.6) is 5.75 Å². The second-order valence-electron chi connectivity index (χ2n) is 7.67. The number of anilines is 2. The highest BCUT2D eigenvalue weighted by Gasteiger charge is 2.33. The number of carbonyl (C=O) groups is 2. The third kappa shape index (κ3) is 6.33. The summed E-state index contributed by atoms with van der Waals surface area (Å²) in [6.07, 6.45) is -3.08. The maximum Gasteiger partial charge on any atom is 0.573 e. The van der Waals surface area contributed by atoms with E-state index in [1.807, 2.05) is 37.3 Å². The molecule has 0 aromatic heterocycles. The molecule has 10 heteroatoms. The second-order valence-corrected chi connectivity index (χ2v) is 8.61. The standard InChI is InChI=1S/C26H20F3N3O3S/c1-17-7-5-6-8-18(17)15-22-24(34)32(20-9-3-2-4-10-20)25(31-22)36-16-23(33)30-19-11-13-21(14-12-19)35-26(27,28)29/h2-15H,16H2,1H3,(H,30,33). The Morgan fingerprint density at radius 1 is 1.03 bits per heavy atom. The van der Waals surface area contributed by atoms with Gasteiger partial charge in [-0.05, 0) is 60.5 Å². The van der Waals surface area contributed by atoms with Crippen molar-refractivity contribution in [3.8, 4) is 5.75 Å². The summed E-state index contributed by atoms with van der Waals surface area (Å²) >= 11 is 1.08. The fraction of sp³-hybridized carbons (Fsp3) is 0.115. The largest absolute Gasteiger partial charge is 0.573 e. The molecule has 0 bridgehead atoms. The first-order valence-electron chi connectivity index (χ1n) is 10.7. The summed E-state index contributed by atoms with van der Waals surface area (Å²) in [7, 11) is 0. The molecule has 1 aliphatic rings. The van der Waals surface area contributed by atoms with Gasteiger partial charge in [-0.15, -0.1) is 13.2 Å². The molecule has 6 nitrogen and oxygen atoms in total. The van der Waals surface area contributed by atoms with Crippen molar-refractivity contribution in [3.63, 3.8) is 0 Å². The number of ether oxygens (including phenoxy) is 1. The average molecular weight is 512 g/mol. The molecule has 36 heavy (non-hydrogen) atoms. The molecule has 2 amide bonds. The monoisotopic (exact) mass is 511 g/mol. The van der Waals surface area contributed by atoms with E-state index < -0.39 is 12.3 Å². The fourth-order valence-corrected chi connectivity index (χ4v) is 4.17. The smallest absolute Gasteiger partial charge is 0.406 e. The van der Waals surface area contributed by atoms with Crippen LogP contribution in [0.2, 0.25) is 0 Å². The van der Waals surface area contributed by atoms with Crippen LogP contribution in [0.15, 0.2) is 89.6 Å². The van der Waals surface area contributed by atoms with Gasteiger partial charge in [-0.2, -0.15) is 0 Å². The van der Waals surface area contributed by atoms with Crippen molar-refractivity contribution in [1.29, 1.82) is 0 Å². The first kappa shape index (κ1) is 25.1. The Kier molecular flexibility index (Phi) is 7.44. The van der Waals surface area contributed by atoms with Gasteiger partial charge < -0.3 is 10.1 Å². The summed E-state index contributed by atoms with van der Waals surface area (Å²) in [6, 6.07) is 21.4. The minimum atomic E-state index is -4.79. The van der Waals surface area contributed by atoms with Gasteiger partial charge in [-0.25, -0.2) is 4.99 Å². The predicted octanol–water partition coefficient (Wildman–Crippen LogP) is 6.01. The lowest BCUT2D eigenvalue weighted by molar-refractivity contribution is -0.274. The number of hydrogen-bond acceptors (Lipinski definition) is 5. The van der Waals surface area contributed by atoms with Crippen molar-refractivity contribution in [1.82, 2.24) is 0 Å². The maximum absolute atomic E-state index is 13.2. The molecule has 3 aromatic rings. The van der Waals surface area contributed by atoms with E-state index in [4.69, 9.17) is 0 Å². The number of thioether (sulfide) groups is 1. The van der Waals surface area contributed by atoms with Gasteiger partial charge in [0, 0.05) is 5.69 Å². The summed E-state index contributed by atoms with van der Waals surface area (Å²) in [5, 5.41) is 2.95. The summed E-state index contributed by atoms with van der Waals surface area (Å²) in [6.45, 7) is 1.94. The number of halogens is 3. The average Bonchev–Trinajstić information content (AvgIpc) is 3.15. The Bertz CT molecular complexity index is 1320. The summed E-state index contributed by atoms with van der Waals surface area (Å²) in [5.74, 6) is -1.19. The van der Waals surface area contributed by atoms with E-state index in [0.717, 1.165) is 35.0 Å². The van der Waals surface area contributed by atoms with E-state index in [1.54, 1.807) is 30.3 Å². The number of rotatable bonds is 6. The highest BCUT2D eigenvalue weighted by molar-refractivity contribution is 8.14. The van der Waals surface area contributed by atoms with Crippen LogP contribution in [-0.4, -0.2) is 29.1 Å². The Morgan fingerprint density at radius 2 is 1.69 bits per heavy atom. The van der Waals surface area contributed by atoms with Gasteiger partial charge in [0.25, 0.3) is 5.91 Å². The highest BCUT2D eigenvalue weighted by atomic mass is 32.2. The Labute approximate surface area is 209 Å². The van der Waals surface area contributed by atoms with E-state index in [9.17, 15) is 22.8 Å². The molecular formula is C26H20F3N3O3S. The highest BCUT2D eigenvalue weighted by Crippen LogP contribution is 2.30. The van der Waals surface area contributed by atoms with Crippen LogP contribution in [-0.2, 0) is 9.59 Å². The molecule has 0 fully saturated rings. The van der Waals surface area contributed by atoms with Crippen molar-refractivity contribution in [2.24, 2.45) is 4.99 Å². The first-order valence-corrected chi connectivity index (χ1v) is 11.7. The molecule has 0 radical (unpaired) electrons. The molecule has 0 saturated carbocycles. The number of amidine groups is 1. The molecule has 4 rings (SSSR count). The van der Waals surface area contributed by atoms with Gasteiger partial charge in [-0.1, -0.05) is 54.2 Å². The SMILES string of the molecule is Cc1ccccc1C=C1N=C(SCC(=O)Nc2ccc(OC(F)(F)F)cc2)N(c2ccccc2)C1=O. The van der Waals surface area contributed by atoms with E-state index >= 15 is 0 Å². The Balaban J connectivity index is 1.48. The van der Waals surface area contributed by atoms with Crippen molar-refractivity contribution in [3.05, 3.63) is 95.7 Å². The van der Waals surface area contributed by atoms with Gasteiger partial charge in [0.15, 0.2) is 5.17 Å². The third-order valence-corrected chi connectivity index (χ3v) is 5.97. The molecule has 184 valence electrons. The summed E-state index contributed by atoms with van der Waals surface area (Å²) < 4.78 is 40.8. The number of nitrogens with one attached hydrogen (secondary N) is 1. The molecule has 0 unspecified atom stereocenters. The lowest BCUT2D eigenvalue weighted by atomic mass is 10.1. The number of aliphatic imine (C=N–C) groups is 1. The van der Waals surface area contributed by atoms with Crippen LogP contribution >= 0.6 is 11.8 Å². The number of hydrogen-bond donors (Lipinski definition) is 1. The van der Waals surface area contributed by atoms with Gasteiger partial charge in [0.05, 0.1) is 11.4 Å². The molecule has 1 N–H and O–H groups in total. The van der Waals surface area contributed by atoms with Gasteiger partial charge in [-0.3, -0.25) is 14.5 Å². The number of alkyl halides is 3. The van der Waals surface area contributed by atoms with Crippen LogP contribution < -0.4 is 15.0 Å². The van der Waals surface area contributed by atoms with Gasteiger partial charge in [0.2, 0.25) is 5.91 Å². The van der Waals surface area contributed by atoms with Crippen LogP contribution in [0.25, 0.3) is 6.08 Å². The van der Waals surface area contributed by atoms with Crippen molar-refractivity contribution < 1.29 is 27.5 Å². The fourth-order valence-electron chi connectivity index (χ4n) is 3.36. The lowest BCUT2D eigenvalue weighted by Crippen LogP contribution is -2.31. The maximum atomic E-state index is 13.2. The van der Waals surface area contributed by atoms with E-state index in [-0.39, 0.29) is 23.1 Å². The van der Waals surface area contributed by atoms with Gasteiger partial charge in [0.1, 0.15) is 11.4 Å². The molecule has 0 spiro atoms. The van der Waals surface area contributed by atoms with Crippen LogP contribution in [0.4, 0.5) is 24.5 Å². The number of nitrogens with zero attached hydrogens (tertiary/aromatic N) is 2. The zero-order valence-electron chi connectivity index (χ0n) is 19.0. The number of para-hydroxylation sites is 1. The minimum Gasteiger partial charge on any atom is -0.406 e. The van der Waals surface area contributed by atoms with E-state index in [1.165, 1.54) is 17.0 Å². The molecule has 0 atom stereocenters.